The van der Waals surface area contributed by atoms with Gasteiger partial charge in [-0.3, -0.25) is 4.79 Å². The second-order valence-corrected chi connectivity index (χ2v) is 6.79. The van der Waals surface area contributed by atoms with Crippen LogP contribution in [0.4, 0.5) is 5.69 Å². The average molecular weight is 426 g/mol. The van der Waals surface area contributed by atoms with Gasteiger partial charge in [-0.15, -0.1) is 0 Å². The van der Waals surface area contributed by atoms with Crippen molar-refractivity contribution >= 4 is 27.5 Å². The number of hydrogen-bond donors (Lipinski definition) is 1. The van der Waals surface area contributed by atoms with Crippen molar-refractivity contribution in [1.82, 2.24) is 0 Å². The summed E-state index contributed by atoms with van der Waals surface area (Å²) in [5.74, 6) is 0.893. The summed E-state index contributed by atoms with van der Waals surface area (Å²) in [6.45, 7) is 0.487. The highest BCUT2D eigenvalue weighted by molar-refractivity contribution is 9.10. The third-order valence-corrected chi connectivity index (χ3v) is 4.53. The van der Waals surface area contributed by atoms with Gasteiger partial charge in [-0.1, -0.05) is 58.4 Å². The zero-order valence-corrected chi connectivity index (χ0v) is 16.5. The van der Waals surface area contributed by atoms with Crippen LogP contribution in [0.3, 0.4) is 0 Å². The van der Waals surface area contributed by atoms with E-state index in [0.717, 1.165) is 10.9 Å². The summed E-state index contributed by atoms with van der Waals surface area (Å²) in [6.07, 6.45) is 0.768. The summed E-state index contributed by atoms with van der Waals surface area (Å²) in [4.78, 5) is 12.8. The van der Waals surface area contributed by atoms with Gasteiger partial charge in [0.1, 0.15) is 11.5 Å². The van der Waals surface area contributed by atoms with Crippen LogP contribution in [-0.4, -0.2) is 19.6 Å². The molecule has 0 fully saturated rings. The fourth-order valence-electron chi connectivity index (χ4n) is 2.67. The van der Waals surface area contributed by atoms with Crippen LogP contribution >= 0.6 is 15.9 Å². The summed E-state index contributed by atoms with van der Waals surface area (Å²) in [6, 6.07) is 22.8. The van der Waals surface area contributed by atoms with Gasteiger partial charge >= 0.3 is 0 Å². The lowest BCUT2D eigenvalue weighted by molar-refractivity contribution is 0.102. The van der Waals surface area contributed by atoms with Gasteiger partial charge in [-0.05, 0) is 35.9 Å². The largest absolute Gasteiger partial charge is 0.495 e. The molecule has 0 unspecified atom stereocenters. The molecule has 0 aromatic heterocycles. The first-order chi connectivity index (χ1) is 13.2. The van der Waals surface area contributed by atoms with Crippen LogP contribution < -0.4 is 14.8 Å². The number of ether oxygens (including phenoxy) is 2. The SMILES string of the molecule is COc1ccccc1NC(=O)c1cc(Br)ccc1OCCc1ccccc1. The van der Waals surface area contributed by atoms with Gasteiger partial charge in [0, 0.05) is 10.9 Å². The number of carbonyl (C=O) groups excluding carboxylic acids is 1. The van der Waals surface area contributed by atoms with Crippen LogP contribution in [0.25, 0.3) is 0 Å². The van der Waals surface area contributed by atoms with Crippen molar-refractivity contribution in [3.8, 4) is 11.5 Å². The lowest BCUT2D eigenvalue weighted by Gasteiger charge is -2.14. The number of carbonyl (C=O) groups is 1. The smallest absolute Gasteiger partial charge is 0.259 e. The van der Waals surface area contributed by atoms with Crippen molar-refractivity contribution < 1.29 is 14.3 Å². The van der Waals surface area contributed by atoms with Gasteiger partial charge in [0.25, 0.3) is 5.91 Å². The Morgan fingerprint density at radius 3 is 2.48 bits per heavy atom. The molecule has 138 valence electrons. The monoisotopic (exact) mass is 425 g/mol. The second kappa shape index (κ2) is 9.24. The number of methoxy groups -OCH3 is 1. The lowest BCUT2D eigenvalue weighted by atomic mass is 10.1. The minimum Gasteiger partial charge on any atom is -0.495 e. The molecule has 1 N–H and O–H groups in total. The van der Waals surface area contributed by atoms with E-state index in [1.54, 1.807) is 31.4 Å². The Morgan fingerprint density at radius 2 is 1.70 bits per heavy atom. The molecule has 0 radical (unpaired) electrons. The topological polar surface area (TPSA) is 47.6 Å². The number of nitrogens with one attached hydrogen (secondary N) is 1. The number of para-hydroxylation sites is 2. The highest BCUT2D eigenvalue weighted by Crippen LogP contribution is 2.27. The number of rotatable bonds is 7. The highest BCUT2D eigenvalue weighted by atomic mass is 79.9. The molecule has 27 heavy (non-hydrogen) atoms. The van der Waals surface area contributed by atoms with E-state index >= 15 is 0 Å². The fourth-order valence-corrected chi connectivity index (χ4v) is 3.03. The first kappa shape index (κ1) is 19.0. The van der Waals surface area contributed by atoms with Gasteiger partial charge in [0.15, 0.2) is 0 Å². The summed E-state index contributed by atoms with van der Waals surface area (Å²) in [7, 11) is 1.57. The molecule has 3 rings (SSSR count). The van der Waals surface area contributed by atoms with E-state index in [1.807, 2.05) is 36.4 Å². The minimum absolute atomic E-state index is 0.254. The predicted octanol–water partition coefficient (Wildman–Crippen LogP) is 5.33. The van der Waals surface area contributed by atoms with Crippen LogP contribution in [0.15, 0.2) is 77.3 Å². The maximum absolute atomic E-state index is 12.8. The molecule has 0 aliphatic carbocycles. The summed E-state index contributed by atoms with van der Waals surface area (Å²) in [5, 5.41) is 2.89. The molecule has 0 aliphatic rings. The molecule has 0 saturated carbocycles. The maximum Gasteiger partial charge on any atom is 0.259 e. The van der Waals surface area contributed by atoms with E-state index in [2.05, 4.69) is 33.4 Å². The van der Waals surface area contributed by atoms with E-state index in [0.29, 0.717) is 29.4 Å². The molecule has 5 heteroatoms. The van der Waals surface area contributed by atoms with Gasteiger partial charge in [-0.25, -0.2) is 0 Å². The Bertz CT molecular complexity index is 912. The summed E-state index contributed by atoms with van der Waals surface area (Å²) >= 11 is 3.42. The van der Waals surface area contributed by atoms with Crippen molar-refractivity contribution in [3.05, 3.63) is 88.4 Å². The Morgan fingerprint density at radius 1 is 0.963 bits per heavy atom. The quantitative estimate of drug-likeness (QED) is 0.556. The predicted molar refractivity (Wildman–Crippen MR) is 111 cm³/mol. The standard InChI is InChI=1S/C22H20BrNO3/c1-26-21-10-6-5-9-19(21)24-22(25)18-15-17(23)11-12-20(18)27-14-13-16-7-3-2-4-8-16/h2-12,15H,13-14H2,1H3,(H,24,25). The zero-order chi connectivity index (χ0) is 19.1. The molecule has 3 aromatic rings. The van der Waals surface area contributed by atoms with Crippen LogP contribution in [0.2, 0.25) is 0 Å². The number of amides is 1. The molecule has 0 heterocycles. The van der Waals surface area contributed by atoms with Crippen LogP contribution in [0, 0.1) is 0 Å². The van der Waals surface area contributed by atoms with Crippen LogP contribution in [0.5, 0.6) is 11.5 Å². The Kier molecular flexibility index (Phi) is 6.49. The number of halogens is 1. The number of benzene rings is 3. The van der Waals surface area contributed by atoms with Crippen LogP contribution in [-0.2, 0) is 6.42 Å². The average Bonchev–Trinajstić information content (AvgIpc) is 2.70. The molecule has 1 amide bonds. The first-order valence-corrected chi connectivity index (χ1v) is 9.37. The molecule has 0 atom stereocenters. The third-order valence-electron chi connectivity index (χ3n) is 4.03. The minimum atomic E-state index is -0.254. The van der Waals surface area contributed by atoms with Crippen molar-refractivity contribution in [3.63, 3.8) is 0 Å². The summed E-state index contributed by atoms with van der Waals surface area (Å²) < 4.78 is 12.0. The van der Waals surface area contributed by atoms with Gasteiger partial charge in [-0.2, -0.15) is 0 Å². The van der Waals surface area contributed by atoms with Crippen molar-refractivity contribution in [2.45, 2.75) is 6.42 Å². The maximum atomic E-state index is 12.8. The van der Waals surface area contributed by atoms with E-state index in [4.69, 9.17) is 9.47 Å². The molecule has 0 aliphatic heterocycles. The van der Waals surface area contributed by atoms with E-state index in [9.17, 15) is 4.79 Å². The second-order valence-electron chi connectivity index (χ2n) is 5.88. The van der Waals surface area contributed by atoms with Gasteiger partial charge in [0.2, 0.25) is 0 Å². The van der Waals surface area contributed by atoms with Crippen molar-refractivity contribution in [2.24, 2.45) is 0 Å². The molecule has 4 nitrogen and oxygen atoms in total. The number of hydrogen-bond acceptors (Lipinski definition) is 3. The molecular weight excluding hydrogens is 406 g/mol. The summed E-state index contributed by atoms with van der Waals surface area (Å²) in [5.41, 5.74) is 2.26. The molecule has 3 aromatic carbocycles. The molecule has 0 bridgehead atoms. The van der Waals surface area contributed by atoms with Crippen molar-refractivity contribution in [1.29, 1.82) is 0 Å². The number of anilines is 1. The highest BCUT2D eigenvalue weighted by Gasteiger charge is 2.15. The van der Waals surface area contributed by atoms with Gasteiger partial charge in [0.05, 0.1) is 25.0 Å². The molecule has 0 spiro atoms. The zero-order valence-electron chi connectivity index (χ0n) is 14.9. The Balaban J connectivity index is 1.74. The lowest BCUT2D eigenvalue weighted by Crippen LogP contribution is -2.15. The van der Waals surface area contributed by atoms with Gasteiger partial charge < -0.3 is 14.8 Å². The van der Waals surface area contributed by atoms with E-state index < -0.39 is 0 Å². The van der Waals surface area contributed by atoms with E-state index in [1.165, 1.54) is 5.56 Å². The van der Waals surface area contributed by atoms with E-state index in [-0.39, 0.29) is 5.91 Å². The molecular formula is C22H20BrNO3. The third kappa shape index (κ3) is 5.11. The Hall–Kier alpha value is -2.79. The molecule has 0 saturated heterocycles. The fraction of sp³-hybridized carbons (Fsp3) is 0.136. The van der Waals surface area contributed by atoms with Crippen LogP contribution in [0.1, 0.15) is 15.9 Å². The normalized spacial score (nSPS) is 10.3. The first-order valence-electron chi connectivity index (χ1n) is 8.58. The van der Waals surface area contributed by atoms with Crippen molar-refractivity contribution in [2.75, 3.05) is 19.0 Å². The Labute approximate surface area is 167 Å².